The fourth-order valence-corrected chi connectivity index (χ4v) is 3.40. The topological polar surface area (TPSA) is 54.9 Å². The van der Waals surface area contributed by atoms with Gasteiger partial charge in [0.25, 0.3) is 0 Å². The Labute approximate surface area is 137 Å². The second kappa shape index (κ2) is 7.75. The molecule has 0 N–H and O–H groups in total. The van der Waals surface area contributed by atoms with Gasteiger partial charge in [-0.1, -0.05) is 0 Å². The molecule has 1 atom stereocenters. The predicted molar refractivity (Wildman–Crippen MR) is 87.8 cm³/mol. The SMILES string of the molecule is CCOC(=O)c1cccnc1N1CCCC(N2CCOCC2)C1. The minimum Gasteiger partial charge on any atom is -0.462 e. The second-order valence-electron chi connectivity index (χ2n) is 5.99. The van der Waals surface area contributed by atoms with Gasteiger partial charge in [0, 0.05) is 38.4 Å². The van der Waals surface area contributed by atoms with Crippen LogP contribution in [0.5, 0.6) is 0 Å². The average Bonchev–Trinajstić information content (AvgIpc) is 2.63. The molecule has 0 amide bonds. The number of hydrogen-bond donors (Lipinski definition) is 0. The molecule has 1 unspecified atom stereocenters. The van der Waals surface area contributed by atoms with Gasteiger partial charge in [0.1, 0.15) is 11.4 Å². The van der Waals surface area contributed by atoms with Crippen molar-refractivity contribution in [3.8, 4) is 0 Å². The molecule has 2 aliphatic heterocycles. The van der Waals surface area contributed by atoms with Crippen LogP contribution in [-0.2, 0) is 9.47 Å². The highest BCUT2D eigenvalue weighted by atomic mass is 16.5. The number of carbonyl (C=O) groups is 1. The lowest BCUT2D eigenvalue weighted by atomic mass is 10.0. The molecule has 3 rings (SSSR count). The molecule has 6 heteroatoms. The number of rotatable bonds is 4. The van der Waals surface area contributed by atoms with E-state index in [4.69, 9.17) is 9.47 Å². The summed E-state index contributed by atoms with van der Waals surface area (Å²) in [6.45, 7) is 7.65. The van der Waals surface area contributed by atoms with Crippen LogP contribution >= 0.6 is 0 Å². The minimum atomic E-state index is -0.288. The van der Waals surface area contributed by atoms with Crippen molar-refractivity contribution in [2.75, 3.05) is 50.9 Å². The maximum Gasteiger partial charge on any atom is 0.341 e. The Morgan fingerprint density at radius 2 is 2.22 bits per heavy atom. The molecule has 0 aliphatic carbocycles. The molecule has 3 heterocycles. The Kier molecular flexibility index (Phi) is 5.46. The first-order valence-corrected chi connectivity index (χ1v) is 8.48. The van der Waals surface area contributed by atoms with Gasteiger partial charge in [-0.15, -0.1) is 0 Å². The lowest BCUT2D eigenvalue weighted by molar-refractivity contribution is 0.0136. The van der Waals surface area contributed by atoms with Gasteiger partial charge in [-0.3, -0.25) is 4.90 Å². The zero-order chi connectivity index (χ0) is 16.1. The van der Waals surface area contributed by atoms with Crippen molar-refractivity contribution in [1.82, 2.24) is 9.88 Å². The van der Waals surface area contributed by atoms with Crippen LogP contribution in [-0.4, -0.2) is 67.9 Å². The number of esters is 1. The smallest absolute Gasteiger partial charge is 0.341 e. The van der Waals surface area contributed by atoms with E-state index in [2.05, 4.69) is 14.8 Å². The summed E-state index contributed by atoms with van der Waals surface area (Å²) < 4.78 is 10.6. The molecule has 23 heavy (non-hydrogen) atoms. The van der Waals surface area contributed by atoms with Gasteiger partial charge < -0.3 is 14.4 Å². The van der Waals surface area contributed by atoms with Crippen molar-refractivity contribution in [2.45, 2.75) is 25.8 Å². The van der Waals surface area contributed by atoms with E-state index < -0.39 is 0 Å². The van der Waals surface area contributed by atoms with E-state index in [9.17, 15) is 4.79 Å². The van der Waals surface area contributed by atoms with Crippen molar-refractivity contribution in [3.05, 3.63) is 23.9 Å². The summed E-state index contributed by atoms with van der Waals surface area (Å²) in [6, 6.07) is 4.10. The van der Waals surface area contributed by atoms with E-state index in [1.165, 1.54) is 6.42 Å². The van der Waals surface area contributed by atoms with E-state index in [1.807, 2.05) is 6.92 Å². The van der Waals surface area contributed by atoms with Crippen molar-refractivity contribution in [3.63, 3.8) is 0 Å². The second-order valence-corrected chi connectivity index (χ2v) is 5.99. The highest BCUT2D eigenvalue weighted by molar-refractivity contribution is 5.94. The van der Waals surface area contributed by atoms with E-state index in [0.717, 1.165) is 51.6 Å². The molecule has 0 aromatic carbocycles. The first-order valence-electron chi connectivity index (χ1n) is 8.48. The fraction of sp³-hybridized carbons (Fsp3) is 0.647. The molecule has 0 bridgehead atoms. The van der Waals surface area contributed by atoms with Gasteiger partial charge >= 0.3 is 5.97 Å². The Bertz CT molecular complexity index is 532. The first kappa shape index (κ1) is 16.2. The first-order chi connectivity index (χ1) is 11.3. The number of piperidine rings is 1. The Balaban J connectivity index is 1.74. The molecule has 0 spiro atoms. The summed E-state index contributed by atoms with van der Waals surface area (Å²) in [6.07, 6.45) is 4.05. The molecule has 2 aliphatic rings. The number of anilines is 1. The highest BCUT2D eigenvalue weighted by Crippen LogP contribution is 2.25. The van der Waals surface area contributed by atoms with Gasteiger partial charge in [-0.2, -0.15) is 0 Å². The molecule has 2 saturated heterocycles. The number of hydrogen-bond acceptors (Lipinski definition) is 6. The van der Waals surface area contributed by atoms with Crippen LogP contribution in [0.15, 0.2) is 18.3 Å². The van der Waals surface area contributed by atoms with Gasteiger partial charge in [-0.05, 0) is 31.9 Å². The third kappa shape index (κ3) is 3.82. The molecule has 0 saturated carbocycles. The van der Waals surface area contributed by atoms with Crippen LogP contribution in [0, 0.1) is 0 Å². The van der Waals surface area contributed by atoms with Crippen LogP contribution in [0.25, 0.3) is 0 Å². The molecular weight excluding hydrogens is 294 g/mol. The quantitative estimate of drug-likeness (QED) is 0.785. The zero-order valence-corrected chi connectivity index (χ0v) is 13.7. The van der Waals surface area contributed by atoms with Crippen molar-refractivity contribution in [2.24, 2.45) is 0 Å². The molecule has 0 radical (unpaired) electrons. The summed E-state index contributed by atoms with van der Waals surface area (Å²) in [4.78, 5) is 21.4. The van der Waals surface area contributed by atoms with E-state index in [-0.39, 0.29) is 5.97 Å². The van der Waals surface area contributed by atoms with Crippen LogP contribution in [0.3, 0.4) is 0 Å². The molecule has 126 valence electrons. The number of carbonyl (C=O) groups excluding carboxylic acids is 1. The summed E-state index contributed by atoms with van der Waals surface area (Å²) in [5, 5.41) is 0. The van der Waals surface area contributed by atoms with E-state index in [0.29, 0.717) is 18.2 Å². The zero-order valence-electron chi connectivity index (χ0n) is 13.7. The van der Waals surface area contributed by atoms with Gasteiger partial charge in [0.15, 0.2) is 0 Å². The molecule has 6 nitrogen and oxygen atoms in total. The Hall–Kier alpha value is -1.66. The number of aromatic nitrogens is 1. The van der Waals surface area contributed by atoms with E-state index >= 15 is 0 Å². The lowest BCUT2D eigenvalue weighted by Crippen LogP contribution is -2.52. The Morgan fingerprint density at radius 3 is 3.00 bits per heavy atom. The van der Waals surface area contributed by atoms with Gasteiger partial charge in [-0.25, -0.2) is 9.78 Å². The summed E-state index contributed by atoms with van der Waals surface area (Å²) >= 11 is 0. The van der Waals surface area contributed by atoms with Gasteiger partial charge in [0.05, 0.1) is 19.8 Å². The van der Waals surface area contributed by atoms with Crippen LogP contribution in [0.1, 0.15) is 30.1 Å². The third-order valence-corrected chi connectivity index (χ3v) is 4.54. The summed E-state index contributed by atoms with van der Waals surface area (Å²) in [7, 11) is 0. The Morgan fingerprint density at radius 1 is 1.39 bits per heavy atom. The van der Waals surface area contributed by atoms with Crippen molar-refractivity contribution < 1.29 is 14.3 Å². The fourth-order valence-electron chi connectivity index (χ4n) is 3.40. The summed E-state index contributed by atoms with van der Waals surface area (Å²) in [5.41, 5.74) is 0.567. The number of ether oxygens (including phenoxy) is 2. The largest absolute Gasteiger partial charge is 0.462 e. The van der Waals surface area contributed by atoms with Gasteiger partial charge in [0.2, 0.25) is 0 Å². The number of morpholine rings is 1. The normalized spacial score (nSPS) is 22.8. The van der Waals surface area contributed by atoms with Crippen LogP contribution < -0.4 is 4.90 Å². The lowest BCUT2D eigenvalue weighted by Gasteiger charge is -2.41. The summed E-state index contributed by atoms with van der Waals surface area (Å²) in [5.74, 6) is 0.466. The average molecular weight is 319 g/mol. The highest BCUT2D eigenvalue weighted by Gasteiger charge is 2.29. The molecule has 1 aromatic rings. The monoisotopic (exact) mass is 319 g/mol. The third-order valence-electron chi connectivity index (χ3n) is 4.54. The maximum absolute atomic E-state index is 12.2. The standard InChI is InChI=1S/C17H25N3O3/c1-2-23-17(21)15-6-3-7-18-16(15)20-8-4-5-14(13-20)19-9-11-22-12-10-19/h3,6-7,14H,2,4-5,8-13H2,1H3. The van der Waals surface area contributed by atoms with Crippen LogP contribution in [0.4, 0.5) is 5.82 Å². The number of nitrogens with zero attached hydrogens (tertiary/aromatic N) is 3. The minimum absolute atomic E-state index is 0.288. The maximum atomic E-state index is 12.2. The predicted octanol–water partition coefficient (Wildman–Crippen LogP) is 1.56. The van der Waals surface area contributed by atoms with E-state index in [1.54, 1.807) is 18.3 Å². The van der Waals surface area contributed by atoms with Crippen molar-refractivity contribution in [1.29, 1.82) is 0 Å². The van der Waals surface area contributed by atoms with Crippen molar-refractivity contribution >= 4 is 11.8 Å². The molecule has 1 aromatic heterocycles. The molecular formula is C17H25N3O3. The number of pyridine rings is 1. The van der Waals surface area contributed by atoms with Crippen LogP contribution in [0.2, 0.25) is 0 Å². The molecule has 2 fully saturated rings.